The fourth-order valence-electron chi connectivity index (χ4n) is 1.92. The molecule has 5 nitrogen and oxygen atoms in total. The fourth-order valence-corrected chi connectivity index (χ4v) is 1.92. The summed E-state index contributed by atoms with van der Waals surface area (Å²) in [7, 11) is 2.07. The normalized spacial score (nSPS) is 20.5. The molecule has 2 N–H and O–H groups in total. The third-order valence-electron chi connectivity index (χ3n) is 2.70. The molecule has 0 radical (unpaired) electrons. The zero-order valence-electron chi connectivity index (χ0n) is 9.59. The van der Waals surface area contributed by atoms with Crippen molar-refractivity contribution >= 4 is 5.82 Å². The zero-order chi connectivity index (χ0) is 11.4. The monoisotopic (exact) mass is 222 g/mol. The molecule has 1 aromatic heterocycles. The molecule has 0 saturated carbocycles. The zero-order valence-corrected chi connectivity index (χ0v) is 9.59. The number of nitrogens with zero attached hydrogens (tertiary/aromatic N) is 3. The molecule has 1 fully saturated rings. The summed E-state index contributed by atoms with van der Waals surface area (Å²) < 4.78 is 5.58. The molecule has 0 aliphatic carbocycles. The van der Waals surface area contributed by atoms with Crippen LogP contribution in [0, 0.1) is 0 Å². The number of likely N-dealkylation sites (N-methyl/N-ethyl adjacent to an activating group) is 1. The van der Waals surface area contributed by atoms with Crippen molar-refractivity contribution in [2.24, 2.45) is 0 Å². The topological polar surface area (TPSA) is 64.3 Å². The van der Waals surface area contributed by atoms with Crippen molar-refractivity contribution in [1.82, 2.24) is 14.9 Å². The van der Waals surface area contributed by atoms with E-state index in [0.717, 1.165) is 31.8 Å². The number of ether oxygens (including phenoxy) is 1. The number of anilines is 1. The van der Waals surface area contributed by atoms with Gasteiger partial charge in [-0.3, -0.25) is 9.88 Å². The Bertz CT molecular complexity index is 321. The second-order valence-corrected chi connectivity index (χ2v) is 4.26. The molecule has 1 atom stereocenters. The first-order chi connectivity index (χ1) is 7.74. The third-order valence-corrected chi connectivity index (χ3v) is 2.70. The summed E-state index contributed by atoms with van der Waals surface area (Å²) >= 11 is 0. The number of hydrogen-bond donors (Lipinski definition) is 1. The van der Waals surface area contributed by atoms with Gasteiger partial charge in [0.15, 0.2) is 0 Å². The van der Waals surface area contributed by atoms with E-state index in [0.29, 0.717) is 11.9 Å². The number of hydrogen-bond acceptors (Lipinski definition) is 5. The van der Waals surface area contributed by atoms with E-state index in [-0.39, 0.29) is 0 Å². The Morgan fingerprint density at radius 3 is 3.00 bits per heavy atom. The van der Waals surface area contributed by atoms with Crippen molar-refractivity contribution in [2.45, 2.75) is 25.5 Å². The highest BCUT2D eigenvalue weighted by Crippen LogP contribution is 2.13. The Kier molecular flexibility index (Phi) is 3.69. The number of nitrogens with two attached hydrogens (primary N) is 1. The first-order valence-electron chi connectivity index (χ1n) is 5.60. The van der Waals surface area contributed by atoms with Crippen LogP contribution in [0.15, 0.2) is 12.4 Å². The molecule has 0 amide bonds. The molecular formula is C11H18N4O. The van der Waals surface area contributed by atoms with Crippen LogP contribution in [0.5, 0.6) is 0 Å². The third kappa shape index (κ3) is 3.15. The van der Waals surface area contributed by atoms with Gasteiger partial charge in [-0.25, -0.2) is 4.98 Å². The molecule has 1 aromatic rings. The van der Waals surface area contributed by atoms with Gasteiger partial charge in [0.05, 0.1) is 24.2 Å². The van der Waals surface area contributed by atoms with Crippen LogP contribution in [0.25, 0.3) is 0 Å². The van der Waals surface area contributed by atoms with Crippen molar-refractivity contribution in [2.75, 3.05) is 25.9 Å². The number of rotatable bonds is 4. The van der Waals surface area contributed by atoms with Crippen LogP contribution < -0.4 is 5.73 Å². The van der Waals surface area contributed by atoms with E-state index in [1.807, 2.05) is 0 Å². The highest BCUT2D eigenvalue weighted by Gasteiger charge is 2.17. The van der Waals surface area contributed by atoms with Gasteiger partial charge in [0, 0.05) is 19.7 Å². The van der Waals surface area contributed by atoms with Gasteiger partial charge in [-0.2, -0.15) is 0 Å². The molecule has 2 heterocycles. The van der Waals surface area contributed by atoms with Gasteiger partial charge in [-0.05, 0) is 19.9 Å². The van der Waals surface area contributed by atoms with Gasteiger partial charge >= 0.3 is 0 Å². The van der Waals surface area contributed by atoms with Crippen molar-refractivity contribution < 1.29 is 4.74 Å². The average Bonchev–Trinajstić information content (AvgIpc) is 2.74. The quantitative estimate of drug-likeness (QED) is 0.811. The van der Waals surface area contributed by atoms with E-state index in [2.05, 4.69) is 21.9 Å². The minimum atomic E-state index is 0.381. The predicted octanol–water partition coefficient (Wildman–Crippen LogP) is 0.670. The molecule has 2 rings (SSSR count). The van der Waals surface area contributed by atoms with Crippen LogP contribution in [-0.2, 0) is 11.3 Å². The highest BCUT2D eigenvalue weighted by molar-refractivity contribution is 5.22. The Labute approximate surface area is 95.6 Å². The summed E-state index contributed by atoms with van der Waals surface area (Å²) in [4.78, 5) is 10.4. The largest absolute Gasteiger partial charge is 0.382 e. The van der Waals surface area contributed by atoms with Gasteiger partial charge in [0.1, 0.15) is 5.82 Å². The van der Waals surface area contributed by atoms with E-state index in [1.165, 1.54) is 6.42 Å². The first kappa shape index (κ1) is 11.3. The van der Waals surface area contributed by atoms with Crippen LogP contribution >= 0.6 is 0 Å². The SMILES string of the molecule is CN(Cc1cnc(N)cn1)CC1CCCO1. The van der Waals surface area contributed by atoms with Crippen molar-refractivity contribution in [3.05, 3.63) is 18.1 Å². The van der Waals surface area contributed by atoms with E-state index < -0.39 is 0 Å². The van der Waals surface area contributed by atoms with E-state index in [4.69, 9.17) is 10.5 Å². The Morgan fingerprint density at radius 1 is 1.50 bits per heavy atom. The van der Waals surface area contributed by atoms with Crippen molar-refractivity contribution in [1.29, 1.82) is 0 Å². The lowest BCUT2D eigenvalue weighted by Crippen LogP contribution is -2.28. The van der Waals surface area contributed by atoms with E-state index >= 15 is 0 Å². The van der Waals surface area contributed by atoms with E-state index in [1.54, 1.807) is 12.4 Å². The predicted molar refractivity (Wildman–Crippen MR) is 61.8 cm³/mol. The maximum Gasteiger partial charge on any atom is 0.141 e. The summed E-state index contributed by atoms with van der Waals surface area (Å²) in [5.41, 5.74) is 6.42. The van der Waals surface area contributed by atoms with Crippen LogP contribution in [0.1, 0.15) is 18.5 Å². The molecule has 1 aliphatic heterocycles. The maximum atomic E-state index is 5.58. The summed E-state index contributed by atoms with van der Waals surface area (Å²) in [6.45, 7) is 2.64. The van der Waals surface area contributed by atoms with Gasteiger partial charge in [0.2, 0.25) is 0 Å². The molecule has 0 bridgehead atoms. The lowest BCUT2D eigenvalue weighted by Gasteiger charge is -2.19. The van der Waals surface area contributed by atoms with Crippen molar-refractivity contribution in [3.63, 3.8) is 0 Å². The molecule has 1 saturated heterocycles. The highest BCUT2D eigenvalue weighted by atomic mass is 16.5. The smallest absolute Gasteiger partial charge is 0.141 e. The second-order valence-electron chi connectivity index (χ2n) is 4.26. The number of aromatic nitrogens is 2. The van der Waals surface area contributed by atoms with Gasteiger partial charge < -0.3 is 10.5 Å². The average molecular weight is 222 g/mol. The molecule has 5 heteroatoms. The van der Waals surface area contributed by atoms with E-state index in [9.17, 15) is 0 Å². The van der Waals surface area contributed by atoms with Gasteiger partial charge in [0.25, 0.3) is 0 Å². The van der Waals surface area contributed by atoms with Gasteiger partial charge in [-0.1, -0.05) is 0 Å². The first-order valence-corrected chi connectivity index (χ1v) is 5.60. The standard InChI is InChI=1S/C11H18N4O/c1-15(8-10-3-2-4-16-10)7-9-5-14-11(12)6-13-9/h5-6,10H,2-4,7-8H2,1H3,(H2,12,14). The van der Waals surface area contributed by atoms with Crippen LogP contribution in [0.4, 0.5) is 5.82 Å². The molecule has 16 heavy (non-hydrogen) atoms. The summed E-state index contributed by atoms with van der Waals surface area (Å²) in [6, 6.07) is 0. The van der Waals surface area contributed by atoms with Gasteiger partial charge in [-0.15, -0.1) is 0 Å². The molecule has 0 aromatic carbocycles. The number of nitrogen functional groups attached to an aromatic ring is 1. The molecule has 1 unspecified atom stereocenters. The Morgan fingerprint density at radius 2 is 2.38 bits per heavy atom. The summed E-state index contributed by atoms with van der Waals surface area (Å²) in [5.74, 6) is 0.463. The van der Waals surface area contributed by atoms with Crippen LogP contribution in [0.3, 0.4) is 0 Å². The summed E-state index contributed by atoms with van der Waals surface area (Å²) in [6.07, 6.45) is 6.04. The molecule has 88 valence electrons. The van der Waals surface area contributed by atoms with Crippen LogP contribution in [0.2, 0.25) is 0 Å². The molecular weight excluding hydrogens is 204 g/mol. The lowest BCUT2D eigenvalue weighted by molar-refractivity contribution is 0.0789. The molecule has 1 aliphatic rings. The van der Waals surface area contributed by atoms with Crippen LogP contribution in [-0.4, -0.2) is 41.2 Å². The fraction of sp³-hybridized carbons (Fsp3) is 0.636. The minimum absolute atomic E-state index is 0.381. The second kappa shape index (κ2) is 5.23. The lowest BCUT2D eigenvalue weighted by atomic mass is 10.2. The Hall–Kier alpha value is -1.20. The molecule has 0 spiro atoms. The van der Waals surface area contributed by atoms with Crippen molar-refractivity contribution in [3.8, 4) is 0 Å². The minimum Gasteiger partial charge on any atom is -0.382 e. The maximum absolute atomic E-state index is 5.58. The Balaban J connectivity index is 1.81. The summed E-state index contributed by atoms with van der Waals surface area (Å²) in [5, 5.41) is 0.